The van der Waals surface area contributed by atoms with Gasteiger partial charge in [0.2, 0.25) is 11.8 Å². The third kappa shape index (κ3) is 2.93. The fourth-order valence-electron chi connectivity index (χ4n) is 3.82. The monoisotopic (exact) mass is 293 g/mol. The van der Waals surface area contributed by atoms with Crippen LogP contribution in [0.5, 0.6) is 0 Å². The fourth-order valence-corrected chi connectivity index (χ4v) is 3.82. The molecule has 2 unspecified atom stereocenters. The summed E-state index contributed by atoms with van der Waals surface area (Å²) in [6.07, 6.45) is 7.77. The van der Waals surface area contributed by atoms with Gasteiger partial charge >= 0.3 is 0 Å². The number of rotatable bonds is 5. The van der Waals surface area contributed by atoms with E-state index >= 15 is 0 Å². The van der Waals surface area contributed by atoms with Crippen LogP contribution in [-0.4, -0.2) is 47.4 Å². The minimum absolute atomic E-state index is 0.0630. The molecule has 2 saturated heterocycles. The maximum absolute atomic E-state index is 13.1. The lowest BCUT2D eigenvalue weighted by atomic mass is 9.90. The van der Waals surface area contributed by atoms with Gasteiger partial charge in [0.05, 0.1) is 5.54 Å². The van der Waals surface area contributed by atoms with Gasteiger partial charge in [-0.15, -0.1) is 0 Å². The highest BCUT2D eigenvalue weighted by Gasteiger charge is 2.47. The lowest BCUT2D eigenvalue weighted by molar-refractivity contribution is -0.143. The summed E-state index contributed by atoms with van der Waals surface area (Å²) in [6, 6.07) is 0.124. The van der Waals surface area contributed by atoms with Crippen LogP contribution in [0.2, 0.25) is 0 Å². The SMILES string of the molecule is CCCC1(C(=O)N2CCCC2C(=O)NC2CC2)CCCN1. The van der Waals surface area contributed by atoms with Crippen LogP contribution in [0.4, 0.5) is 0 Å². The molecule has 2 atom stereocenters. The van der Waals surface area contributed by atoms with E-state index < -0.39 is 5.54 Å². The molecular weight excluding hydrogens is 266 g/mol. The van der Waals surface area contributed by atoms with Crippen molar-refractivity contribution in [3.05, 3.63) is 0 Å². The summed E-state index contributed by atoms with van der Waals surface area (Å²) in [4.78, 5) is 27.3. The molecule has 0 aromatic heterocycles. The summed E-state index contributed by atoms with van der Waals surface area (Å²) in [7, 11) is 0. The van der Waals surface area contributed by atoms with Gasteiger partial charge in [-0.25, -0.2) is 0 Å². The highest BCUT2D eigenvalue weighted by Crippen LogP contribution is 2.31. The number of likely N-dealkylation sites (tertiary alicyclic amines) is 1. The molecule has 0 aromatic rings. The predicted molar refractivity (Wildman–Crippen MR) is 80.8 cm³/mol. The van der Waals surface area contributed by atoms with Gasteiger partial charge in [0.1, 0.15) is 6.04 Å². The number of carbonyl (C=O) groups is 2. The van der Waals surface area contributed by atoms with Crippen LogP contribution in [0.25, 0.3) is 0 Å². The third-order valence-electron chi connectivity index (χ3n) is 5.07. The molecule has 5 nitrogen and oxygen atoms in total. The summed E-state index contributed by atoms with van der Waals surface area (Å²) in [5.74, 6) is 0.225. The van der Waals surface area contributed by atoms with Crippen molar-refractivity contribution in [2.24, 2.45) is 0 Å². The Morgan fingerprint density at radius 3 is 2.71 bits per heavy atom. The second kappa shape index (κ2) is 5.95. The van der Waals surface area contributed by atoms with Crippen LogP contribution >= 0.6 is 0 Å². The van der Waals surface area contributed by atoms with Crippen LogP contribution in [0.3, 0.4) is 0 Å². The Morgan fingerprint density at radius 2 is 2.10 bits per heavy atom. The number of hydrogen-bond donors (Lipinski definition) is 2. The summed E-state index contributed by atoms with van der Waals surface area (Å²) in [6.45, 7) is 3.77. The maximum atomic E-state index is 13.1. The molecule has 0 aromatic carbocycles. The molecule has 3 aliphatic rings. The van der Waals surface area contributed by atoms with Gasteiger partial charge in [-0.2, -0.15) is 0 Å². The van der Waals surface area contributed by atoms with Gasteiger partial charge in [0.25, 0.3) is 0 Å². The Hall–Kier alpha value is -1.10. The van der Waals surface area contributed by atoms with E-state index in [2.05, 4.69) is 17.6 Å². The first kappa shape index (κ1) is 14.8. The molecule has 2 aliphatic heterocycles. The van der Waals surface area contributed by atoms with E-state index in [1.165, 1.54) is 0 Å². The zero-order valence-corrected chi connectivity index (χ0v) is 13.0. The Labute approximate surface area is 126 Å². The Morgan fingerprint density at radius 1 is 1.29 bits per heavy atom. The summed E-state index contributed by atoms with van der Waals surface area (Å²) in [5.41, 5.74) is -0.406. The van der Waals surface area contributed by atoms with E-state index in [9.17, 15) is 9.59 Å². The molecule has 1 saturated carbocycles. The highest BCUT2D eigenvalue weighted by molar-refractivity contribution is 5.93. The average molecular weight is 293 g/mol. The third-order valence-corrected chi connectivity index (χ3v) is 5.07. The zero-order valence-electron chi connectivity index (χ0n) is 13.0. The normalized spacial score (nSPS) is 32.4. The van der Waals surface area contributed by atoms with Gasteiger partial charge in [-0.1, -0.05) is 13.3 Å². The van der Waals surface area contributed by atoms with E-state index in [0.717, 1.165) is 64.5 Å². The Balaban J connectivity index is 1.70. The summed E-state index contributed by atoms with van der Waals surface area (Å²) >= 11 is 0. The van der Waals surface area contributed by atoms with Gasteiger partial charge in [-0.3, -0.25) is 9.59 Å². The molecule has 2 heterocycles. The number of carbonyl (C=O) groups excluding carboxylic acids is 2. The van der Waals surface area contributed by atoms with Crippen LogP contribution in [0.1, 0.15) is 58.3 Å². The lowest BCUT2D eigenvalue weighted by Gasteiger charge is -2.35. The van der Waals surface area contributed by atoms with Gasteiger partial charge < -0.3 is 15.5 Å². The van der Waals surface area contributed by atoms with Crippen molar-refractivity contribution in [3.63, 3.8) is 0 Å². The average Bonchev–Trinajstić information content (AvgIpc) is 2.98. The van der Waals surface area contributed by atoms with Crippen molar-refractivity contribution in [2.45, 2.75) is 75.9 Å². The number of nitrogens with zero attached hydrogens (tertiary/aromatic N) is 1. The van der Waals surface area contributed by atoms with Crippen LogP contribution in [-0.2, 0) is 9.59 Å². The van der Waals surface area contributed by atoms with Crippen molar-refractivity contribution in [2.75, 3.05) is 13.1 Å². The standard InChI is InChI=1S/C16H27N3O2/c1-2-8-16(9-4-10-17-16)15(21)19-11-3-5-13(19)14(20)18-12-6-7-12/h12-13,17H,2-11H2,1H3,(H,18,20). The van der Waals surface area contributed by atoms with E-state index in [1.54, 1.807) is 0 Å². The molecule has 2 amide bonds. The van der Waals surface area contributed by atoms with Crippen LogP contribution in [0.15, 0.2) is 0 Å². The summed E-state index contributed by atoms with van der Waals surface area (Å²) in [5, 5.41) is 6.50. The van der Waals surface area contributed by atoms with Gasteiger partial charge in [-0.05, 0) is 51.5 Å². The number of nitrogens with one attached hydrogen (secondary N) is 2. The van der Waals surface area contributed by atoms with E-state index in [1.807, 2.05) is 4.90 Å². The smallest absolute Gasteiger partial charge is 0.243 e. The minimum atomic E-state index is -0.406. The molecule has 118 valence electrons. The van der Waals surface area contributed by atoms with Crippen LogP contribution in [0, 0.1) is 0 Å². The molecular formula is C16H27N3O2. The molecule has 21 heavy (non-hydrogen) atoms. The second-order valence-electron chi connectivity index (χ2n) is 6.80. The Bertz CT molecular complexity index is 414. The fraction of sp³-hybridized carbons (Fsp3) is 0.875. The first-order chi connectivity index (χ1) is 10.2. The first-order valence-corrected chi connectivity index (χ1v) is 8.53. The topological polar surface area (TPSA) is 61.4 Å². The quantitative estimate of drug-likeness (QED) is 0.800. The molecule has 1 aliphatic carbocycles. The van der Waals surface area contributed by atoms with Crippen molar-refractivity contribution in [1.82, 2.24) is 15.5 Å². The van der Waals surface area contributed by atoms with Crippen molar-refractivity contribution < 1.29 is 9.59 Å². The van der Waals surface area contributed by atoms with Gasteiger partial charge in [0.15, 0.2) is 0 Å². The van der Waals surface area contributed by atoms with Gasteiger partial charge in [0, 0.05) is 12.6 Å². The lowest BCUT2D eigenvalue weighted by Crippen LogP contribution is -2.58. The molecule has 0 spiro atoms. The van der Waals surface area contributed by atoms with E-state index in [0.29, 0.717) is 6.04 Å². The number of hydrogen-bond acceptors (Lipinski definition) is 3. The zero-order chi connectivity index (χ0) is 14.9. The molecule has 0 radical (unpaired) electrons. The largest absolute Gasteiger partial charge is 0.352 e. The van der Waals surface area contributed by atoms with E-state index in [-0.39, 0.29) is 17.9 Å². The first-order valence-electron chi connectivity index (χ1n) is 8.53. The predicted octanol–water partition coefficient (Wildman–Crippen LogP) is 1.18. The number of amides is 2. The summed E-state index contributed by atoms with van der Waals surface area (Å²) < 4.78 is 0. The minimum Gasteiger partial charge on any atom is -0.352 e. The van der Waals surface area contributed by atoms with E-state index in [4.69, 9.17) is 0 Å². The van der Waals surface area contributed by atoms with Crippen molar-refractivity contribution in [3.8, 4) is 0 Å². The van der Waals surface area contributed by atoms with Crippen LogP contribution < -0.4 is 10.6 Å². The van der Waals surface area contributed by atoms with Crippen molar-refractivity contribution >= 4 is 11.8 Å². The second-order valence-corrected chi connectivity index (χ2v) is 6.80. The molecule has 5 heteroatoms. The van der Waals surface area contributed by atoms with Crippen molar-refractivity contribution in [1.29, 1.82) is 0 Å². The highest BCUT2D eigenvalue weighted by atomic mass is 16.2. The molecule has 0 bridgehead atoms. The Kier molecular flexibility index (Phi) is 4.20. The molecule has 3 rings (SSSR count). The maximum Gasteiger partial charge on any atom is 0.243 e. The molecule has 2 N–H and O–H groups in total. The molecule has 3 fully saturated rings.